The van der Waals surface area contributed by atoms with Crippen LogP contribution in [0.4, 0.5) is 0 Å². The predicted molar refractivity (Wildman–Crippen MR) is 65.2 cm³/mol. The van der Waals surface area contributed by atoms with Crippen molar-refractivity contribution >= 4 is 15.8 Å². The Hall–Kier alpha value is -1.36. The highest BCUT2D eigenvalue weighted by Gasteiger charge is 2.24. The monoisotopic (exact) mass is 256 g/mol. The Morgan fingerprint density at radius 2 is 1.88 bits per heavy atom. The molecule has 0 saturated carbocycles. The summed E-state index contributed by atoms with van der Waals surface area (Å²) in [5.41, 5.74) is 0.726. The summed E-state index contributed by atoms with van der Waals surface area (Å²) in [7, 11) is -2.07. The van der Waals surface area contributed by atoms with Gasteiger partial charge in [-0.15, -0.1) is 0 Å². The molecule has 94 valence electrons. The van der Waals surface area contributed by atoms with Crippen molar-refractivity contribution in [1.29, 1.82) is 0 Å². The maximum Gasteiger partial charge on any atom is 0.306 e. The molecule has 1 aromatic rings. The lowest BCUT2D eigenvalue weighted by Gasteiger charge is -2.11. The van der Waals surface area contributed by atoms with Crippen LogP contribution in [0, 0.1) is 0 Å². The van der Waals surface area contributed by atoms with Crippen molar-refractivity contribution in [2.45, 2.75) is 24.3 Å². The lowest BCUT2D eigenvalue weighted by atomic mass is 10.2. The lowest BCUT2D eigenvalue weighted by Crippen LogP contribution is -2.23. The number of esters is 1. The molecule has 0 amide bonds. The van der Waals surface area contributed by atoms with Gasteiger partial charge in [0.2, 0.25) is 0 Å². The average molecular weight is 256 g/mol. The zero-order valence-corrected chi connectivity index (χ0v) is 10.7. The number of ether oxygens (including phenoxy) is 1. The molecule has 0 bridgehead atoms. The largest absolute Gasteiger partial charge is 0.469 e. The summed E-state index contributed by atoms with van der Waals surface area (Å²) in [6, 6.07) is 8.91. The average Bonchev–Trinajstić information content (AvgIpc) is 2.29. The summed E-state index contributed by atoms with van der Waals surface area (Å²) in [4.78, 5) is 11.0. The highest BCUT2D eigenvalue weighted by Crippen LogP contribution is 2.13. The Balaban J connectivity index is 2.72. The van der Waals surface area contributed by atoms with Gasteiger partial charge in [0.1, 0.15) is 0 Å². The molecule has 0 aliphatic carbocycles. The molecular formula is C12H16O4S. The standard InChI is InChI=1S/C12H16O4S/c1-10(8-12(13)16-2)17(14,15)9-11-6-4-3-5-7-11/h3-7,10H,8-9H2,1-2H3. The van der Waals surface area contributed by atoms with Crippen molar-refractivity contribution < 1.29 is 17.9 Å². The Morgan fingerprint density at radius 3 is 2.41 bits per heavy atom. The molecule has 0 saturated heterocycles. The van der Waals surface area contributed by atoms with Crippen LogP contribution in [0.3, 0.4) is 0 Å². The van der Waals surface area contributed by atoms with Crippen LogP contribution in [0.25, 0.3) is 0 Å². The van der Waals surface area contributed by atoms with E-state index in [4.69, 9.17) is 0 Å². The first-order chi connectivity index (χ1) is 7.95. The lowest BCUT2D eigenvalue weighted by molar-refractivity contribution is -0.140. The van der Waals surface area contributed by atoms with Crippen molar-refractivity contribution in [3.8, 4) is 0 Å². The second-order valence-corrected chi connectivity index (χ2v) is 6.30. The van der Waals surface area contributed by atoms with Gasteiger partial charge in [-0.05, 0) is 12.5 Å². The molecule has 4 nitrogen and oxygen atoms in total. The van der Waals surface area contributed by atoms with Crippen molar-refractivity contribution in [3.05, 3.63) is 35.9 Å². The molecule has 0 heterocycles. The topological polar surface area (TPSA) is 60.4 Å². The van der Waals surface area contributed by atoms with Gasteiger partial charge in [0, 0.05) is 0 Å². The normalized spacial score (nSPS) is 13.1. The maximum atomic E-state index is 11.9. The molecule has 1 rings (SSSR count). The number of rotatable bonds is 5. The number of carbonyl (C=O) groups excluding carboxylic acids is 1. The molecule has 0 aliphatic rings. The molecule has 1 aromatic carbocycles. The van der Waals surface area contributed by atoms with Crippen molar-refractivity contribution in [2.75, 3.05) is 7.11 Å². The van der Waals surface area contributed by atoms with Crippen LogP contribution in [-0.2, 0) is 25.1 Å². The molecule has 0 fully saturated rings. The van der Waals surface area contributed by atoms with Gasteiger partial charge in [-0.2, -0.15) is 0 Å². The Labute approximate surface area is 102 Å². The Kier molecular flexibility index (Phi) is 4.69. The molecule has 17 heavy (non-hydrogen) atoms. The molecule has 0 aliphatic heterocycles. The van der Waals surface area contributed by atoms with Crippen LogP contribution in [0.15, 0.2) is 30.3 Å². The van der Waals surface area contributed by atoms with Crippen LogP contribution in [-0.4, -0.2) is 26.7 Å². The van der Waals surface area contributed by atoms with Crippen LogP contribution >= 0.6 is 0 Å². The quantitative estimate of drug-likeness (QED) is 0.750. The van der Waals surface area contributed by atoms with Crippen molar-refractivity contribution in [1.82, 2.24) is 0 Å². The third kappa shape index (κ3) is 4.19. The van der Waals surface area contributed by atoms with E-state index in [1.807, 2.05) is 6.07 Å². The molecule has 1 atom stereocenters. The number of carbonyl (C=O) groups is 1. The van der Waals surface area contributed by atoms with E-state index in [-0.39, 0.29) is 12.2 Å². The number of sulfone groups is 1. The van der Waals surface area contributed by atoms with E-state index < -0.39 is 21.1 Å². The zero-order valence-electron chi connectivity index (χ0n) is 9.92. The van der Waals surface area contributed by atoms with E-state index in [1.165, 1.54) is 14.0 Å². The van der Waals surface area contributed by atoms with E-state index in [1.54, 1.807) is 24.3 Å². The fraction of sp³-hybridized carbons (Fsp3) is 0.417. The Bertz CT molecular complexity index is 465. The summed E-state index contributed by atoms with van der Waals surface area (Å²) in [5.74, 6) is -0.555. The fourth-order valence-electron chi connectivity index (χ4n) is 1.39. The smallest absolute Gasteiger partial charge is 0.306 e. The van der Waals surface area contributed by atoms with Crippen molar-refractivity contribution in [2.24, 2.45) is 0 Å². The maximum absolute atomic E-state index is 11.9. The summed E-state index contributed by atoms with van der Waals surface area (Å²) >= 11 is 0. The van der Waals surface area contributed by atoms with E-state index in [0.29, 0.717) is 0 Å². The van der Waals surface area contributed by atoms with Crippen LogP contribution in [0.5, 0.6) is 0 Å². The van der Waals surface area contributed by atoms with Gasteiger partial charge in [0.05, 0.1) is 24.5 Å². The van der Waals surface area contributed by atoms with Gasteiger partial charge in [0.15, 0.2) is 9.84 Å². The number of hydrogen-bond donors (Lipinski definition) is 0. The van der Waals surface area contributed by atoms with Gasteiger partial charge in [-0.25, -0.2) is 8.42 Å². The molecular weight excluding hydrogens is 240 g/mol. The van der Waals surface area contributed by atoms with Gasteiger partial charge >= 0.3 is 5.97 Å². The minimum Gasteiger partial charge on any atom is -0.469 e. The third-order valence-corrected chi connectivity index (χ3v) is 4.63. The SMILES string of the molecule is COC(=O)CC(C)S(=O)(=O)Cc1ccccc1. The van der Waals surface area contributed by atoms with Gasteiger partial charge in [-0.1, -0.05) is 30.3 Å². The number of benzene rings is 1. The first-order valence-electron chi connectivity index (χ1n) is 5.28. The first-order valence-corrected chi connectivity index (χ1v) is 6.99. The van der Waals surface area contributed by atoms with Crippen LogP contribution < -0.4 is 0 Å². The van der Waals surface area contributed by atoms with Gasteiger partial charge in [-0.3, -0.25) is 4.79 Å². The number of hydrogen-bond acceptors (Lipinski definition) is 4. The molecule has 0 radical (unpaired) electrons. The van der Waals surface area contributed by atoms with Crippen LogP contribution in [0.1, 0.15) is 18.9 Å². The highest BCUT2D eigenvalue weighted by atomic mass is 32.2. The summed E-state index contributed by atoms with van der Waals surface area (Å²) < 4.78 is 28.3. The number of methoxy groups -OCH3 is 1. The van der Waals surface area contributed by atoms with Gasteiger partial charge in [0.25, 0.3) is 0 Å². The molecule has 5 heteroatoms. The van der Waals surface area contributed by atoms with E-state index in [2.05, 4.69) is 4.74 Å². The summed E-state index contributed by atoms with van der Waals surface area (Å²) in [5, 5.41) is -0.727. The fourth-order valence-corrected chi connectivity index (χ4v) is 2.73. The minimum atomic E-state index is -3.32. The van der Waals surface area contributed by atoms with Crippen molar-refractivity contribution in [3.63, 3.8) is 0 Å². The first kappa shape index (κ1) is 13.7. The third-order valence-electron chi connectivity index (χ3n) is 2.51. The van der Waals surface area contributed by atoms with E-state index in [0.717, 1.165) is 5.56 Å². The van der Waals surface area contributed by atoms with E-state index >= 15 is 0 Å². The predicted octanol–water partition coefficient (Wildman–Crippen LogP) is 1.55. The van der Waals surface area contributed by atoms with E-state index in [9.17, 15) is 13.2 Å². The summed E-state index contributed by atoms with van der Waals surface area (Å²) in [6.07, 6.45) is -0.105. The minimum absolute atomic E-state index is 0.0496. The second kappa shape index (κ2) is 5.82. The summed E-state index contributed by atoms with van der Waals surface area (Å²) in [6.45, 7) is 1.52. The highest BCUT2D eigenvalue weighted by molar-refractivity contribution is 7.91. The Morgan fingerprint density at radius 1 is 1.29 bits per heavy atom. The molecule has 1 unspecified atom stereocenters. The zero-order chi connectivity index (χ0) is 12.9. The molecule has 0 aromatic heterocycles. The van der Waals surface area contributed by atoms with Gasteiger partial charge < -0.3 is 4.74 Å². The second-order valence-electron chi connectivity index (χ2n) is 3.88. The molecule has 0 N–H and O–H groups in total. The van der Waals surface area contributed by atoms with Crippen LogP contribution in [0.2, 0.25) is 0 Å². The molecule has 0 spiro atoms.